The van der Waals surface area contributed by atoms with Crippen LogP contribution in [0.1, 0.15) is 65.2 Å². The van der Waals surface area contributed by atoms with Gasteiger partial charge in [0.1, 0.15) is 12.7 Å². The average Bonchev–Trinajstić information content (AvgIpc) is 2.50. The van der Waals surface area contributed by atoms with E-state index in [2.05, 4.69) is 13.8 Å². The second kappa shape index (κ2) is 14.1. The molecule has 0 radical (unpaired) electrons. The van der Waals surface area contributed by atoms with Crippen molar-refractivity contribution in [3.63, 3.8) is 0 Å². The molecule has 2 unspecified atom stereocenters. The number of hydrogen-bond donors (Lipinski definition) is 2. The molecular formula is C16H32O5. The van der Waals surface area contributed by atoms with Gasteiger partial charge in [-0.25, -0.2) is 4.79 Å². The number of aliphatic hydroxyl groups is 2. The third-order valence-corrected chi connectivity index (χ3v) is 3.47. The second-order valence-corrected chi connectivity index (χ2v) is 5.57. The molecule has 5 nitrogen and oxygen atoms in total. The lowest BCUT2D eigenvalue weighted by Gasteiger charge is -2.17. The summed E-state index contributed by atoms with van der Waals surface area (Å²) in [4.78, 5) is 11.4. The third kappa shape index (κ3) is 12.6. The first kappa shape index (κ1) is 20.2. The predicted octanol–water partition coefficient (Wildman–Crippen LogP) is 3.27. The van der Waals surface area contributed by atoms with Crippen LogP contribution in [-0.2, 0) is 9.47 Å². The minimum absolute atomic E-state index is 0.231. The van der Waals surface area contributed by atoms with Crippen LogP contribution in [0.3, 0.4) is 0 Å². The van der Waals surface area contributed by atoms with Crippen LogP contribution in [0.4, 0.5) is 4.79 Å². The number of carbonyl (C=O) groups is 1. The van der Waals surface area contributed by atoms with E-state index >= 15 is 0 Å². The normalized spacial score (nSPS) is 13.7. The van der Waals surface area contributed by atoms with Crippen LogP contribution in [0, 0.1) is 5.92 Å². The summed E-state index contributed by atoms with van der Waals surface area (Å²) >= 11 is 0. The van der Waals surface area contributed by atoms with Crippen molar-refractivity contribution in [3.8, 4) is 0 Å². The molecule has 0 saturated heterocycles. The first-order valence-electron chi connectivity index (χ1n) is 8.22. The summed E-state index contributed by atoms with van der Waals surface area (Å²) in [6.07, 6.45) is 7.48. The van der Waals surface area contributed by atoms with Crippen LogP contribution in [0.15, 0.2) is 0 Å². The zero-order valence-electron chi connectivity index (χ0n) is 13.6. The average molecular weight is 304 g/mol. The molecule has 0 aromatic heterocycles. The topological polar surface area (TPSA) is 76.0 Å². The molecule has 0 heterocycles. The van der Waals surface area contributed by atoms with E-state index in [-0.39, 0.29) is 6.61 Å². The molecular weight excluding hydrogens is 272 g/mol. The Kier molecular flexibility index (Phi) is 13.6. The molecule has 2 N–H and O–H groups in total. The second-order valence-electron chi connectivity index (χ2n) is 5.57. The van der Waals surface area contributed by atoms with E-state index in [1.807, 2.05) is 0 Å². The highest BCUT2D eigenvalue weighted by Gasteiger charge is 2.13. The van der Waals surface area contributed by atoms with Crippen LogP contribution in [-0.4, -0.2) is 42.3 Å². The number of aliphatic hydroxyl groups excluding tert-OH is 2. The molecule has 0 aromatic carbocycles. The largest absolute Gasteiger partial charge is 0.508 e. The first-order valence-corrected chi connectivity index (χ1v) is 8.22. The van der Waals surface area contributed by atoms with Gasteiger partial charge in [-0.3, -0.25) is 0 Å². The van der Waals surface area contributed by atoms with Crippen LogP contribution >= 0.6 is 0 Å². The van der Waals surface area contributed by atoms with Gasteiger partial charge in [0.05, 0.1) is 13.2 Å². The van der Waals surface area contributed by atoms with Gasteiger partial charge in [-0.2, -0.15) is 0 Å². The van der Waals surface area contributed by atoms with Crippen LogP contribution in [0.2, 0.25) is 0 Å². The van der Waals surface area contributed by atoms with E-state index in [0.29, 0.717) is 12.5 Å². The molecule has 5 heteroatoms. The molecule has 126 valence electrons. The van der Waals surface area contributed by atoms with Crippen molar-refractivity contribution in [1.82, 2.24) is 0 Å². The zero-order chi connectivity index (χ0) is 15.9. The molecule has 0 saturated carbocycles. The highest BCUT2D eigenvalue weighted by atomic mass is 16.7. The van der Waals surface area contributed by atoms with Gasteiger partial charge in [-0.1, -0.05) is 52.4 Å². The molecule has 0 aromatic rings. The summed E-state index contributed by atoms with van der Waals surface area (Å²) in [5, 5.41) is 17.7. The highest BCUT2D eigenvalue weighted by molar-refractivity contribution is 5.59. The molecule has 0 fully saturated rings. The maximum absolute atomic E-state index is 11.4. The Hall–Kier alpha value is -0.810. The highest BCUT2D eigenvalue weighted by Crippen LogP contribution is 2.18. The number of rotatable bonds is 13. The van der Waals surface area contributed by atoms with Gasteiger partial charge >= 0.3 is 6.16 Å². The minimum Gasteiger partial charge on any atom is -0.434 e. The van der Waals surface area contributed by atoms with Gasteiger partial charge in [-0.05, 0) is 18.8 Å². The van der Waals surface area contributed by atoms with E-state index in [0.717, 1.165) is 25.7 Å². The molecule has 2 atom stereocenters. The lowest BCUT2D eigenvalue weighted by atomic mass is 9.96. The van der Waals surface area contributed by atoms with Gasteiger partial charge < -0.3 is 19.7 Å². The van der Waals surface area contributed by atoms with Gasteiger partial charge in [-0.15, -0.1) is 0 Å². The predicted molar refractivity (Wildman–Crippen MR) is 82.2 cm³/mol. The monoisotopic (exact) mass is 304 g/mol. The Labute approximate surface area is 128 Å². The Morgan fingerprint density at radius 3 is 2.19 bits per heavy atom. The molecule has 0 aliphatic rings. The van der Waals surface area contributed by atoms with Crippen molar-refractivity contribution < 1.29 is 24.5 Å². The van der Waals surface area contributed by atoms with Crippen LogP contribution in [0.5, 0.6) is 0 Å². The molecule has 0 spiro atoms. The number of ether oxygens (including phenoxy) is 2. The van der Waals surface area contributed by atoms with Crippen molar-refractivity contribution in [3.05, 3.63) is 0 Å². The lowest BCUT2D eigenvalue weighted by Crippen LogP contribution is -2.23. The summed E-state index contributed by atoms with van der Waals surface area (Å²) in [7, 11) is 0. The summed E-state index contributed by atoms with van der Waals surface area (Å²) < 4.78 is 9.82. The molecule has 21 heavy (non-hydrogen) atoms. The maximum atomic E-state index is 11.4. The van der Waals surface area contributed by atoms with Gasteiger partial charge in [0, 0.05) is 0 Å². The molecule has 0 aliphatic carbocycles. The van der Waals surface area contributed by atoms with E-state index in [1.165, 1.54) is 25.7 Å². The third-order valence-electron chi connectivity index (χ3n) is 3.47. The summed E-state index contributed by atoms with van der Waals surface area (Å²) in [5.41, 5.74) is 0. The molecule has 0 rings (SSSR count). The van der Waals surface area contributed by atoms with Gasteiger partial charge in [0.25, 0.3) is 0 Å². The SMILES string of the molecule is CCCCCCC(CCCC)COC(=O)OCC(O)CO. The maximum Gasteiger partial charge on any atom is 0.508 e. The Morgan fingerprint density at radius 2 is 1.57 bits per heavy atom. The van der Waals surface area contributed by atoms with E-state index in [9.17, 15) is 4.79 Å². The number of carbonyl (C=O) groups excluding carboxylic acids is 1. The lowest BCUT2D eigenvalue weighted by molar-refractivity contribution is -0.00454. The van der Waals surface area contributed by atoms with Gasteiger partial charge in [0.15, 0.2) is 0 Å². The fourth-order valence-electron chi connectivity index (χ4n) is 2.11. The Balaban J connectivity index is 3.89. The van der Waals surface area contributed by atoms with Gasteiger partial charge in [0.2, 0.25) is 0 Å². The number of hydrogen-bond acceptors (Lipinski definition) is 5. The summed E-state index contributed by atoms with van der Waals surface area (Å²) in [6.45, 7) is 4.06. The fraction of sp³-hybridized carbons (Fsp3) is 0.938. The van der Waals surface area contributed by atoms with E-state index in [4.69, 9.17) is 19.7 Å². The van der Waals surface area contributed by atoms with E-state index < -0.39 is 18.9 Å². The van der Waals surface area contributed by atoms with Crippen molar-refractivity contribution in [2.24, 2.45) is 5.92 Å². The Bertz CT molecular complexity index is 245. The van der Waals surface area contributed by atoms with E-state index in [1.54, 1.807) is 0 Å². The Morgan fingerprint density at radius 1 is 0.952 bits per heavy atom. The summed E-state index contributed by atoms with van der Waals surface area (Å²) in [6, 6.07) is 0. The van der Waals surface area contributed by atoms with Crippen molar-refractivity contribution in [2.75, 3.05) is 19.8 Å². The van der Waals surface area contributed by atoms with Crippen molar-refractivity contribution >= 4 is 6.16 Å². The zero-order valence-corrected chi connectivity index (χ0v) is 13.6. The van der Waals surface area contributed by atoms with Crippen LogP contribution < -0.4 is 0 Å². The van der Waals surface area contributed by atoms with Crippen LogP contribution in [0.25, 0.3) is 0 Å². The standard InChI is InChI=1S/C16H32O5/c1-3-5-7-8-10-14(9-6-4-2)12-20-16(19)21-13-15(18)11-17/h14-15,17-18H,3-13H2,1-2H3. The molecule has 0 bridgehead atoms. The molecule has 0 aliphatic heterocycles. The van der Waals surface area contributed by atoms with Crippen molar-refractivity contribution in [2.45, 2.75) is 71.3 Å². The first-order chi connectivity index (χ1) is 10.1. The fourth-order valence-corrected chi connectivity index (χ4v) is 2.11. The summed E-state index contributed by atoms with van der Waals surface area (Å²) in [5.74, 6) is 0.386. The van der Waals surface area contributed by atoms with Crippen molar-refractivity contribution in [1.29, 1.82) is 0 Å². The number of unbranched alkanes of at least 4 members (excludes halogenated alkanes) is 4. The smallest absolute Gasteiger partial charge is 0.434 e. The minimum atomic E-state index is -1.04. The molecule has 0 amide bonds. The quantitative estimate of drug-likeness (QED) is 0.403.